The molecule has 2 heteroatoms. The summed E-state index contributed by atoms with van der Waals surface area (Å²) < 4.78 is 0. The van der Waals surface area contributed by atoms with E-state index < -0.39 is 0 Å². The number of nitrogens with one attached hydrogen (secondary N) is 1. The Morgan fingerprint density at radius 1 is 1.16 bits per heavy atom. The zero-order chi connectivity index (χ0) is 13.9. The number of nitrogens with zero attached hydrogens (tertiary/aromatic N) is 1. The highest BCUT2D eigenvalue weighted by Crippen LogP contribution is 2.33. The van der Waals surface area contributed by atoms with Crippen LogP contribution in [0.3, 0.4) is 0 Å². The molecule has 112 valence electrons. The summed E-state index contributed by atoms with van der Waals surface area (Å²) in [6.07, 6.45) is 8.39. The van der Waals surface area contributed by atoms with E-state index in [2.05, 4.69) is 37.9 Å². The van der Waals surface area contributed by atoms with Crippen LogP contribution in [0, 0.1) is 11.3 Å². The summed E-state index contributed by atoms with van der Waals surface area (Å²) in [7, 11) is 0. The predicted octanol–water partition coefficient (Wildman–Crippen LogP) is 3.67. The monoisotopic (exact) mass is 266 g/mol. The molecule has 2 rings (SSSR count). The highest BCUT2D eigenvalue weighted by Gasteiger charge is 2.27. The molecule has 0 bridgehead atoms. The fourth-order valence-electron chi connectivity index (χ4n) is 3.70. The van der Waals surface area contributed by atoms with Crippen molar-refractivity contribution in [1.82, 2.24) is 10.2 Å². The van der Waals surface area contributed by atoms with Gasteiger partial charge in [-0.25, -0.2) is 0 Å². The molecule has 2 fully saturated rings. The van der Waals surface area contributed by atoms with Crippen LogP contribution in [0.15, 0.2) is 0 Å². The van der Waals surface area contributed by atoms with Crippen LogP contribution in [-0.4, -0.2) is 36.6 Å². The highest BCUT2D eigenvalue weighted by molar-refractivity contribution is 4.83. The molecule has 2 unspecified atom stereocenters. The van der Waals surface area contributed by atoms with Gasteiger partial charge in [-0.15, -0.1) is 0 Å². The van der Waals surface area contributed by atoms with Crippen molar-refractivity contribution in [3.05, 3.63) is 0 Å². The van der Waals surface area contributed by atoms with Gasteiger partial charge in [-0.2, -0.15) is 0 Å². The third kappa shape index (κ3) is 4.75. The molecule has 2 atom stereocenters. The minimum Gasteiger partial charge on any atom is -0.314 e. The molecule has 1 N–H and O–H groups in total. The fourth-order valence-corrected chi connectivity index (χ4v) is 3.70. The van der Waals surface area contributed by atoms with E-state index in [0.29, 0.717) is 5.41 Å². The number of likely N-dealkylation sites (tertiary alicyclic amines) is 1. The lowest BCUT2D eigenvalue weighted by atomic mass is 9.85. The Bertz CT molecular complexity index is 272. The first-order valence-electron chi connectivity index (χ1n) is 8.44. The summed E-state index contributed by atoms with van der Waals surface area (Å²) in [4.78, 5) is 2.63. The van der Waals surface area contributed by atoms with Crippen LogP contribution in [-0.2, 0) is 0 Å². The molecule has 2 aliphatic rings. The van der Waals surface area contributed by atoms with Crippen molar-refractivity contribution in [3.63, 3.8) is 0 Å². The maximum Gasteiger partial charge on any atom is 0.00673 e. The van der Waals surface area contributed by atoms with E-state index in [1.807, 2.05) is 0 Å². The van der Waals surface area contributed by atoms with Crippen molar-refractivity contribution in [2.75, 3.05) is 19.6 Å². The minimum absolute atomic E-state index is 0.582. The average molecular weight is 266 g/mol. The summed E-state index contributed by atoms with van der Waals surface area (Å²) in [5, 5.41) is 3.87. The van der Waals surface area contributed by atoms with Crippen molar-refractivity contribution < 1.29 is 0 Å². The Morgan fingerprint density at radius 2 is 1.95 bits per heavy atom. The van der Waals surface area contributed by atoms with Gasteiger partial charge in [0.1, 0.15) is 0 Å². The molecule has 1 saturated heterocycles. The van der Waals surface area contributed by atoms with Crippen LogP contribution in [0.1, 0.15) is 66.2 Å². The van der Waals surface area contributed by atoms with Crippen LogP contribution in [0.4, 0.5) is 0 Å². The second-order valence-corrected chi connectivity index (χ2v) is 7.94. The van der Waals surface area contributed by atoms with Crippen molar-refractivity contribution >= 4 is 0 Å². The van der Waals surface area contributed by atoms with Gasteiger partial charge in [0.25, 0.3) is 0 Å². The molecule has 19 heavy (non-hydrogen) atoms. The summed E-state index contributed by atoms with van der Waals surface area (Å²) in [6, 6.07) is 1.51. The Balaban J connectivity index is 1.68. The lowest BCUT2D eigenvalue weighted by Crippen LogP contribution is -2.35. The standard InChI is InChI=1S/C17H34N2/c1-14(2)19-11-8-15(13-19)12-18-16-6-5-9-17(3,4)10-7-16/h14-16,18H,5-13H2,1-4H3. The van der Waals surface area contributed by atoms with Gasteiger partial charge in [0.2, 0.25) is 0 Å². The number of rotatable bonds is 4. The molecule has 0 radical (unpaired) electrons. The molecule has 0 aromatic carbocycles. The summed E-state index contributed by atoms with van der Waals surface area (Å²) in [5.41, 5.74) is 0.582. The topological polar surface area (TPSA) is 15.3 Å². The average Bonchev–Trinajstić information content (AvgIpc) is 2.74. The first-order valence-corrected chi connectivity index (χ1v) is 8.44. The number of hydrogen-bond acceptors (Lipinski definition) is 2. The molecule has 0 amide bonds. The molecule has 0 spiro atoms. The summed E-state index contributed by atoms with van der Waals surface area (Å²) >= 11 is 0. The normalized spacial score (nSPS) is 32.7. The predicted molar refractivity (Wildman–Crippen MR) is 83.5 cm³/mol. The van der Waals surface area contributed by atoms with Gasteiger partial charge in [-0.05, 0) is 70.4 Å². The zero-order valence-electron chi connectivity index (χ0n) is 13.5. The molecule has 1 saturated carbocycles. The van der Waals surface area contributed by atoms with Crippen molar-refractivity contribution in [2.45, 2.75) is 78.3 Å². The van der Waals surface area contributed by atoms with Gasteiger partial charge in [-0.3, -0.25) is 0 Å². The van der Waals surface area contributed by atoms with Gasteiger partial charge in [-0.1, -0.05) is 20.3 Å². The van der Waals surface area contributed by atoms with Crippen LogP contribution in [0.5, 0.6) is 0 Å². The fraction of sp³-hybridized carbons (Fsp3) is 1.00. The third-order valence-corrected chi connectivity index (χ3v) is 5.32. The molecule has 1 aliphatic heterocycles. The van der Waals surface area contributed by atoms with Gasteiger partial charge in [0.15, 0.2) is 0 Å². The second kappa shape index (κ2) is 6.58. The minimum atomic E-state index is 0.582. The van der Waals surface area contributed by atoms with Crippen LogP contribution in [0.25, 0.3) is 0 Å². The quantitative estimate of drug-likeness (QED) is 0.781. The summed E-state index contributed by atoms with van der Waals surface area (Å²) in [6.45, 7) is 13.4. The van der Waals surface area contributed by atoms with E-state index in [4.69, 9.17) is 0 Å². The Kier molecular flexibility index (Phi) is 5.30. The SMILES string of the molecule is CC(C)N1CCC(CNC2CCCC(C)(C)CC2)C1. The second-order valence-electron chi connectivity index (χ2n) is 7.94. The molecule has 2 nitrogen and oxygen atoms in total. The largest absolute Gasteiger partial charge is 0.314 e. The summed E-state index contributed by atoms with van der Waals surface area (Å²) in [5.74, 6) is 0.888. The van der Waals surface area contributed by atoms with E-state index in [1.54, 1.807) is 0 Å². The van der Waals surface area contributed by atoms with E-state index in [9.17, 15) is 0 Å². The van der Waals surface area contributed by atoms with E-state index in [1.165, 1.54) is 58.2 Å². The Labute approximate surface area is 120 Å². The highest BCUT2D eigenvalue weighted by atomic mass is 15.2. The van der Waals surface area contributed by atoms with Gasteiger partial charge in [0, 0.05) is 18.6 Å². The first kappa shape index (κ1) is 15.3. The van der Waals surface area contributed by atoms with Crippen LogP contribution >= 0.6 is 0 Å². The van der Waals surface area contributed by atoms with E-state index in [0.717, 1.165) is 18.0 Å². The van der Waals surface area contributed by atoms with Crippen molar-refractivity contribution in [3.8, 4) is 0 Å². The van der Waals surface area contributed by atoms with Crippen molar-refractivity contribution in [1.29, 1.82) is 0 Å². The Hall–Kier alpha value is -0.0800. The molecular formula is C17H34N2. The molecule has 0 aromatic rings. The molecular weight excluding hydrogens is 232 g/mol. The van der Waals surface area contributed by atoms with Gasteiger partial charge < -0.3 is 10.2 Å². The van der Waals surface area contributed by atoms with Crippen LogP contribution in [0.2, 0.25) is 0 Å². The van der Waals surface area contributed by atoms with Crippen LogP contribution < -0.4 is 5.32 Å². The first-order chi connectivity index (χ1) is 8.96. The smallest absolute Gasteiger partial charge is 0.00673 e. The van der Waals surface area contributed by atoms with Gasteiger partial charge >= 0.3 is 0 Å². The van der Waals surface area contributed by atoms with Crippen molar-refractivity contribution in [2.24, 2.45) is 11.3 Å². The molecule has 1 aliphatic carbocycles. The lowest BCUT2D eigenvalue weighted by molar-refractivity contribution is 0.261. The zero-order valence-corrected chi connectivity index (χ0v) is 13.5. The third-order valence-electron chi connectivity index (χ3n) is 5.32. The number of hydrogen-bond donors (Lipinski definition) is 1. The lowest BCUT2D eigenvalue weighted by Gasteiger charge is -2.23. The maximum absolute atomic E-state index is 3.87. The molecule has 1 heterocycles. The van der Waals surface area contributed by atoms with E-state index in [-0.39, 0.29) is 0 Å². The van der Waals surface area contributed by atoms with E-state index >= 15 is 0 Å². The van der Waals surface area contributed by atoms with Gasteiger partial charge in [0.05, 0.1) is 0 Å². The Morgan fingerprint density at radius 3 is 2.63 bits per heavy atom. The molecule has 0 aromatic heterocycles. The maximum atomic E-state index is 3.87.